The molecule has 0 radical (unpaired) electrons. The second kappa shape index (κ2) is 8.32. The van der Waals surface area contributed by atoms with Crippen molar-refractivity contribution in [3.05, 3.63) is 63.5 Å². The van der Waals surface area contributed by atoms with Gasteiger partial charge >= 0.3 is 6.18 Å². The maximum Gasteiger partial charge on any atom is 0.416 e. The van der Waals surface area contributed by atoms with E-state index in [0.29, 0.717) is 35.5 Å². The predicted molar refractivity (Wildman–Crippen MR) is 111 cm³/mol. The molecule has 31 heavy (non-hydrogen) atoms. The van der Waals surface area contributed by atoms with Gasteiger partial charge in [-0.1, -0.05) is 17.7 Å². The fourth-order valence-electron chi connectivity index (χ4n) is 3.38. The minimum Gasteiger partial charge on any atom is -0.507 e. The van der Waals surface area contributed by atoms with Gasteiger partial charge in [0.05, 0.1) is 17.9 Å². The van der Waals surface area contributed by atoms with Gasteiger partial charge in [0.2, 0.25) is 0 Å². The van der Waals surface area contributed by atoms with Gasteiger partial charge in [-0.25, -0.2) is 0 Å². The number of aromatic hydroxyl groups is 1. The molecule has 2 aromatic rings. The molecule has 9 heteroatoms. The van der Waals surface area contributed by atoms with E-state index >= 15 is 0 Å². The summed E-state index contributed by atoms with van der Waals surface area (Å²) in [5, 5.41) is 14.3. The second-order valence-electron chi connectivity index (χ2n) is 7.94. The molecular formula is C22H26F3N3O3. The van der Waals surface area contributed by atoms with E-state index in [1.807, 2.05) is 26.8 Å². The van der Waals surface area contributed by atoms with Gasteiger partial charge in [0, 0.05) is 22.5 Å². The van der Waals surface area contributed by atoms with Crippen molar-refractivity contribution < 1.29 is 27.8 Å². The van der Waals surface area contributed by atoms with E-state index < -0.39 is 23.3 Å². The van der Waals surface area contributed by atoms with Gasteiger partial charge in [-0.2, -0.15) is 13.2 Å². The molecule has 168 valence electrons. The van der Waals surface area contributed by atoms with Crippen molar-refractivity contribution in [2.45, 2.75) is 38.8 Å². The van der Waals surface area contributed by atoms with Crippen LogP contribution in [-0.4, -0.2) is 30.1 Å². The van der Waals surface area contributed by atoms with Crippen LogP contribution in [-0.2, 0) is 15.7 Å². The molecule has 1 aliphatic heterocycles. The fraction of sp³-hybridized carbons (Fsp3) is 0.364. The Morgan fingerprint density at radius 3 is 2.45 bits per heavy atom. The summed E-state index contributed by atoms with van der Waals surface area (Å²) in [6.45, 7) is 6.31. The number of alkyl halides is 3. The van der Waals surface area contributed by atoms with Crippen molar-refractivity contribution in [1.82, 2.24) is 5.32 Å². The van der Waals surface area contributed by atoms with Gasteiger partial charge in [0.1, 0.15) is 17.7 Å². The number of hydrogen-bond acceptors (Lipinski definition) is 6. The van der Waals surface area contributed by atoms with E-state index in [4.69, 9.17) is 20.9 Å². The highest BCUT2D eigenvalue weighted by Gasteiger charge is 2.32. The molecule has 1 unspecified atom stereocenters. The van der Waals surface area contributed by atoms with E-state index in [1.54, 1.807) is 12.1 Å². The van der Waals surface area contributed by atoms with Crippen LogP contribution in [0.3, 0.4) is 0 Å². The molecule has 0 bridgehead atoms. The topological polar surface area (TPSA) is 103 Å². The van der Waals surface area contributed by atoms with Crippen molar-refractivity contribution in [3.63, 3.8) is 0 Å². The summed E-state index contributed by atoms with van der Waals surface area (Å²) in [6.07, 6.45) is -4.76. The van der Waals surface area contributed by atoms with Gasteiger partial charge in [0.25, 0.3) is 0 Å². The highest BCUT2D eigenvalue weighted by molar-refractivity contribution is 5.69. The van der Waals surface area contributed by atoms with Gasteiger partial charge < -0.3 is 31.4 Å². The third-order valence-electron chi connectivity index (χ3n) is 4.96. The largest absolute Gasteiger partial charge is 0.507 e. The molecule has 2 aromatic carbocycles. The number of aryl methyl sites for hydroxylation is 1. The number of nitrogens with two attached hydrogens (primary N) is 2. The monoisotopic (exact) mass is 437 g/mol. The molecule has 0 aromatic heterocycles. The highest BCUT2D eigenvalue weighted by atomic mass is 19.4. The number of ether oxygens (including phenoxy) is 2. The summed E-state index contributed by atoms with van der Waals surface area (Å²) in [5.74, 6) is -0.906. The lowest BCUT2D eigenvalue weighted by molar-refractivity contribution is -0.138. The Labute approximate surface area is 178 Å². The first kappa shape index (κ1) is 22.8. The molecular weight excluding hydrogens is 411 g/mol. The van der Waals surface area contributed by atoms with Crippen molar-refractivity contribution in [2.24, 2.45) is 11.5 Å². The minimum atomic E-state index is -4.57. The van der Waals surface area contributed by atoms with Crippen LogP contribution < -0.4 is 27.2 Å². The van der Waals surface area contributed by atoms with Crippen LogP contribution in [0.4, 0.5) is 13.2 Å². The normalized spacial score (nSPS) is 20.4. The quantitative estimate of drug-likeness (QED) is 0.580. The van der Waals surface area contributed by atoms with Crippen LogP contribution in [0.5, 0.6) is 5.75 Å². The molecule has 0 aliphatic carbocycles. The van der Waals surface area contributed by atoms with E-state index in [2.05, 4.69) is 5.32 Å². The molecule has 1 heterocycles. The fourth-order valence-corrected chi connectivity index (χ4v) is 3.38. The Hall–Kier alpha value is -2.91. The number of halogens is 3. The molecule has 0 amide bonds. The standard InChI is InChI=1S/C22H26F3N3O3/c1-12-4-6-15(20(27)28-10-14-11-30-21(2,3)31-14)17(8-12)19(26)16-7-5-13(9-18(16)29)22(23,24)25/h4-9,14,28-29H,10-11,26-27H2,1-3H3/b19-17-,20-15+. The minimum absolute atomic E-state index is 0.0851. The zero-order chi connectivity index (χ0) is 23.0. The molecule has 1 atom stereocenters. The summed E-state index contributed by atoms with van der Waals surface area (Å²) in [7, 11) is 0. The maximum absolute atomic E-state index is 12.9. The predicted octanol–water partition coefficient (Wildman–Crippen LogP) is 1.60. The van der Waals surface area contributed by atoms with Gasteiger partial charge in [-0.15, -0.1) is 0 Å². The molecule has 1 aliphatic rings. The number of rotatable bonds is 4. The van der Waals surface area contributed by atoms with Gasteiger partial charge in [0.15, 0.2) is 5.79 Å². The Balaban J connectivity index is 2.02. The van der Waals surface area contributed by atoms with Crippen LogP contribution in [0.1, 0.15) is 30.5 Å². The van der Waals surface area contributed by atoms with Crippen molar-refractivity contribution >= 4 is 11.5 Å². The van der Waals surface area contributed by atoms with E-state index in [-0.39, 0.29) is 17.4 Å². The molecule has 0 spiro atoms. The Kier molecular flexibility index (Phi) is 6.11. The molecule has 1 saturated heterocycles. The van der Waals surface area contributed by atoms with Crippen molar-refractivity contribution in [3.8, 4) is 5.75 Å². The Morgan fingerprint density at radius 2 is 1.87 bits per heavy atom. The van der Waals surface area contributed by atoms with Crippen LogP contribution in [0, 0.1) is 6.92 Å². The van der Waals surface area contributed by atoms with E-state index in [1.165, 1.54) is 0 Å². The van der Waals surface area contributed by atoms with E-state index in [0.717, 1.165) is 17.7 Å². The number of phenols is 1. The Bertz CT molecular complexity index is 1100. The zero-order valence-corrected chi connectivity index (χ0v) is 17.5. The first-order valence-electron chi connectivity index (χ1n) is 9.70. The van der Waals surface area contributed by atoms with Crippen LogP contribution in [0.25, 0.3) is 11.5 Å². The van der Waals surface area contributed by atoms with Crippen LogP contribution in [0.2, 0.25) is 0 Å². The number of nitrogens with one attached hydrogen (secondary N) is 1. The SMILES string of the molecule is Cc1ccc(=C(/N)NCC2COC(C)(C)O2)/c(=C(\N)c2ccc(C(F)(F)F)cc2O)c1. The number of phenolic OH excluding ortho intramolecular Hbond substituents is 1. The molecule has 3 rings (SSSR count). The van der Waals surface area contributed by atoms with Crippen LogP contribution in [0.15, 0.2) is 36.4 Å². The highest BCUT2D eigenvalue weighted by Crippen LogP contribution is 2.33. The van der Waals surface area contributed by atoms with Crippen molar-refractivity contribution in [1.29, 1.82) is 0 Å². The molecule has 6 N–H and O–H groups in total. The summed E-state index contributed by atoms with van der Waals surface area (Å²) in [5.41, 5.74) is 12.6. The smallest absolute Gasteiger partial charge is 0.416 e. The summed E-state index contributed by atoms with van der Waals surface area (Å²) in [4.78, 5) is 0. The number of benzene rings is 2. The van der Waals surface area contributed by atoms with Gasteiger partial charge in [-0.05, 0) is 45.0 Å². The van der Waals surface area contributed by atoms with Crippen LogP contribution >= 0.6 is 0 Å². The third kappa shape index (κ3) is 5.23. The zero-order valence-electron chi connectivity index (χ0n) is 17.5. The average Bonchev–Trinajstić information content (AvgIpc) is 3.03. The summed E-state index contributed by atoms with van der Waals surface area (Å²) < 4.78 is 50.0. The molecule has 6 nitrogen and oxygen atoms in total. The lowest BCUT2D eigenvalue weighted by Gasteiger charge is -2.17. The van der Waals surface area contributed by atoms with E-state index in [9.17, 15) is 18.3 Å². The first-order chi connectivity index (χ1) is 14.4. The molecule has 0 saturated carbocycles. The lowest BCUT2D eigenvalue weighted by Crippen LogP contribution is -2.41. The second-order valence-corrected chi connectivity index (χ2v) is 7.94. The van der Waals surface area contributed by atoms with Gasteiger partial charge in [-0.3, -0.25) is 0 Å². The first-order valence-corrected chi connectivity index (χ1v) is 9.70. The summed E-state index contributed by atoms with van der Waals surface area (Å²) >= 11 is 0. The van der Waals surface area contributed by atoms with Crippen molar-refractivity contribution in [2.75, 3.05) is 13.2 Å². The lowest BCUT2D eigenvalue weighted by atomic mass is 10.0. The average molecular weight is 437 g/mol. The maximum atomic E-state index is 12.9. The molecule has 1 fully saturated rings. The third-order valence-corrected chi connectivity index (χ3v) is 4.96. The number of hydrogen-bond donors (Lipinski definition) is 4. The Morgan fingerprint density at radius 1 is 1.16 bits per heavy atom. The summed E-state index contributed by atoms with van der Waals surface area (Å²) in [6, 6.07) is 8.04.